The molecule has 0 spiro atoms. The zero-order valence-electron chi connectivity index (χ0n) is 9.60. The first-order valence-electron chi connectivity index (χ1n) is 5.02. The van der Waals surface area contributed by atoms with E-state index < -0.39 is 24.0 Å². The Hall–Kier alpha value is -1.40. The monoisotopic (exact) mass is 281 g/mol. The van der Waals surface area contributed by atoms with Gasteiger partial charge in [0, 0.05) is 11.6 Å². The van der Waals surface area contributed by atoms with Gasteiger partial charge < -0.3 is 15.6 Å². The van der Waals surface area contributed by atoms with Gasteiger partial charge in [0.2, 0.25) is 6.17 Å². The first-order valence-corrected chi connectivity index (χ1v) is 5.02. The van der Waals surface area contributed by atoms with Crippen LogP contribution in [0.5, 0.6) is 5.75 Å². The molecule has 3 N–H and O–H groups in total. The molecule has 1 aromatic carbocycles. The molecule has 0 aliphatic rings. The van der Waals surface area contributed by atoms with E-state index >= 15 is 0 Å². The summed E-state index contributed by atoms with van der Waals surface area (Å²) in [7, 11) is 0. The maximum absolute atomic E-state index is 13.5. The fourth-order valence-corrected chi connectivity index (χ4v) is 1.31. The number of esters is 1. The predicted molar refractivity (Wildman–Crippen MR) is 63.8 cm³/mol. The summed E-state index contributed by atoms with van der Waals surface area (Å²) in [5.41, 5.74) is 5.23. The molecule has 4 nitrogen and oxygen atoms in total. The first-order chi connectivity index (χ1) is 7.97. The number of hydrogen-bond acceptors (Lipinski definition) is 4. The predicted octanol–water partition coefficient (Wildman–Crippen LogP) is 1.85. The van der Waals surface area contributed by atoms with Crippen molar-refractivity contribution in [2.24, 2.45) is 5.73 Å². The lowest BCUT2D eigenvalue weighted by Gasteiger charge is -2.16. The van der Waals surface area contributed by atoms with Crippen LogP contribution < -0.4 is 5.73 Å². The summed E-state index contributed by atoms with van der Waals surface area (Å²) in [5.74, 6) is -2.30. The lowest BCUT2D eigenvalue weighted by Crippen LogP contribution is -2.32. The number of nitrogens with two attached hydrogens (primary N) is 1. The second-order valence-electron chi connectivity index (χ2n) is 3.39. The topological polar surface area (TPSA) is 72.5 Å². The van der Waals surface area contributed by atoms with Crippen molar-refractivity contribution in [3.05, 3.63) is 29.6 Å². The molecular formula is C11H14ClF2NO3. The van der Waals surface area contributed by atoms with Gasteiger partial charge in [0.15, 0.2) is 0 Å². The summed E-state index contributed by atoms with van der Waals surface area (Å²) in [6, 6.07) is 1.62. The summed E-state index contributed by atoms with van der Waals surface area (Å²) in [5, 5.41) is 8.99. The van der Waals surface area contributed by atoms with E-state index in [1.807, 2.05) is 0 Å². The van der Waals surface area contributed by atoms with E-state index in [1.165, 1.54) is 6.92 Å². The van der Waals surface area contributed by atoms with Crippen molar-refractivity contribution in [2.75, 3.05) is 6.61 Å². The molecule has 0 bridgehead atoms. The molecule has 1 rings (SSSR count). The Balaban J connectivity index is 0.00000289. The first kappa shape index (κ1) is 16.6. The van der Waals surface area contributed by atoms with Gasteiger partial charge in [-0.15, -0.1) is 12.4 Å². The van der Waals surface area contributed by atoms with Gasteiger partial charge in [-0.3, -0.25) is 0 Å². The van der Waals surface area contributed by atoms with E-state index in [9.17, 15) is 13.6 Å². The lowest BCUT2D eigenvalue weighted by molar-refractivity contribution is -0.149. The molecule has 2 atom stereocenters. The molecule has 0 aromatic heterocycles. The lowest BCUT2D eigenvalue weighted by atomic mass is 10.0. The minimum absolute atomic E-state index is 0. The normalized spacial score (nSPS) is 13.3. The molecule has 0 saturated heterocycles. The molecule has 0 radical (unpaired) electrons. The van der Waals surface area contributed by atoms with Gasteiger partial charge in [0.25, 0.3) is 0 Å². The van der Waals surface area contributed by atoms with E-state index in [4.69, 9.17) is 10.8 Å². The maximum Gasteiger partial charge on any atom is 0.342 e. The summed E-state index contributed by atoms with van der Waals surface area (Å²) in [6.07, 6.45) is -2.14. The Morgan fingerprint density at radius 1 is 1.56 bits per heavy atom. The molecule has 0 heterocycles. The number of halogens is 3. The third-order valence-electron chi connectivity index (χ3n) is 2.17. The van der Waals surface area contributed by atoms with Crippen LogP contribution in [0.25, 0.3) is 0 Å². The Morgan fingerprint density at radius 3 is 2.67 bits per heavy atom. The standard InChI is InChI=1S/C11H13F2NO3.ClH/c1-2-17-11(16)9(13)10(14)7-4-3-6(15)5-8(7)12;/h3-5,9-10,15H,2,14H2,1H3;1H/t9?,10-;/m0./s1. The average molecular weight is 282 g/mol. The van der Waals surface area contributed by atoms with Gasteiger partial charge in [-0.2, -0.15) is 0 Å². The summed E-state index contributed by atoms with van der Waals surface area (Å²) < 4.78 is 31.3. The maximum atomic E-state index is 13.5. The van der Waals surface area contributed by atoms with Crippen molar-refractivity contribution in [1.29, 1.82) is 0 Å². The SMILES string of the molecule is CCOC(=O)C(F)[C@@H](N)c1ccc(O)cc1F.Cl. The summed E-state index contributed by atoms with van der Waals surface area (Å²) in [4.78, 5) is 11.1. The number of alkyl halides is 1. The number of carbonyl (C=O) groups is 1. The summed E-state index contributed by atoms with van der Waals surface area (Å²) in [6.45, 7) is 1.54. The molecule has 0 saturated carbocycles. The molecule has 102 valence electrons. The van der Waals surface area contributed by atoms with Gasteiger partial charge in [-0.1, -0.05) is 6.07 Å². The van der Waals surface area contributed by atoms with Crippen LogP contribution in [0.15, 0.2) is 18.2 Å². The molecule has 1 aromatic rings. The highest BCUT2D eigenvalue weighted by atomic mass is 35.5. The van der Waals surface area contributed by atoms with Crippen LogP contribution in [0.4, 0.5) is 8.78 Å². The van der Waals surface area contributed by atoms with Gasteiger partial charge in [-0.05, 0) is 13.0 Å². The zero-order chi connectivity index (χ0) is 13.0. The van der Waals surface area contributed by atoms with Crippen molar-refractivity contribution in [3.63, 3.8) is 0 Å². The number of carbonyl (C=O) groups excluding carboxylic acids is 1. The number of benzene rings is 1. The number of phenols is 1. The second kappa shape index (κ2) is 7.13. The Labute approximate surface area is 109 Å². The molecule has 0 amide bonds. The average Bonchev–Trinajstić information content (AvgIpc) is 2.27. The minimum atomic E-state index is -2.14. The number of aromatic hydroxyl groups is 1. The van der Waals surface area contributed by atoms with Crippen LogP contribution in [-0.2, 0) is 9.53 Å². The van der Waals surface area contributed by atoms with E-state index in [0.717, 1.165) is 18.2 Å². The third kappa shape index (κ3) is 3.82. The van der Waals surface area contributed by atoms with E-state index in [1.54, 1.807) is 0 Å². The minimum Gasteiger partial charge on any atom is -0.508 e. The van der Waals surface area contributed by atoms with Crippen LogP contribution in [0, 0.1) is 5.82 Å². The Morgan fingerprint density at radius 2 is 2.17 bits per heavy atom. The van der Waals surface area contributed by atoms with Crippen molar-refractivity contribution >= 4 is 18.4 Å². The molecule has 0 fully saturated rings. The van der Waals surface area contributed by atoms with Crippen LogP contribution >= 0.6 is 12.4 Å². The van der Waals surface area contributed by atoms with E-state index in [2.05, 4.69) is 4.74 Å². The molecule has 7 heteroatoms. The van der Waals surface area contributed by atoms with Crippen LogP contribution in [0.2, 0.25) is 0 Å². The van der Waals surface area contributed by atoms with Gasteiger partial charge in [0.05, 0.1) is 12.6 Å². The molecule has 1 unspecified atom stereocenters. The van der Waals surface area contributed by atoms with E-state index in [-0.39, 0.29) is 30.3 Å². The van der Waals surface area contributed by atoms with Gasteiger partial charge in [-0.25, -0.2) is 13.6 Å². The van der Waals surface area contributed by atoms with Crippen LogP contribution in [0.1, 0.15) is 18.5 Å². The highest BCUT2D eigenvalue weighted by Gasteiger charge is 2.29. The Bertz CT molecular complexity index is 417. The quantitative estimate of drug-likeness (QED) is 0.826. The van der Waals surface area contributed by atoms with E-state index in [0.29, 0.717) is 0 Å². The molecule has 0 aliphatic carbocycles. The van der Waals surface area contributed by atoms with Crippen LogP contribution in [0.3, 0.4) is 0 Å². The third-order valence-corrected chi connectivity index (χ3v) is 2.17. The van der Waals surface area contributed by atoms with Crippen molar-refractivity contribution < 1.29 is 23.4 Å². The fraction of sp³-hybridized carbons (Fsp3) is 0.364. The van der Waals surface area contributed by atoms with Crippen molar-refractivity contribution in [2.45, 2.75) is 19.1 Å². The highest BCUT2D eigenvalue weighted by molar-refractivity contribution is 5.85. The molecule has 18 heavy (non-hydrogen) atoms. The second-order valence-corrected chi connectivity index (χ2v) is 3.39. The molecular weight excluding hydrogens is 268 g/mol. The Kier molecular flexibility index (Phi) is 6.57. The smallest absolute Gasteiger partial charge is 0.342 e. The van der Waals surface area contributed by atoms with Gasteiger partial charge >= 0.3 is 5.97 Å². The van der Waals surface area contributed by atoms with Gasteiger partial charge in [0.1, 0.15) is 11.6 Å². The van der Waals surface area contributed by atoms with Crippen molar-refractivity contribution in [1.82, 2.24) is 0 Å². The number of phenolic OH excluding ortho intramolecular Hbond substituents is 1. The van der Waals surface area contributed by atoms with Crippen molar-refractivity contribution in [3.8, 4) is 5.75 Å². The number of rotatable bonds is 4. The zero-order valence-corrected chi connectivity index (χ0v) is 10.4. The fourth-order valence-electron chi connectivity index (χ4n) is 1.31. The highest BCUT2D eigenvalue weighted by Crippen LogP contribution is 2.23. The molecule has 0 aliphatic heterocycles. The van der Waals surface area contributed by atoms with Crippen LogP contribution in [-0.4, -0.2) is 23.9 Å². The number of ether oxygens (including phenoxy) is 1. The largest absolute Gasteiger partial charge is 0.508 e. The number of hydrogen-bond donors (Lipinski definition) is 2. The summed E-state index contributed by atoms with van der Waals surface area (Å²) >= 11 is 0.